The van der Waals surface area contributed by atoms with Gasteiger partial charge in [0, 0.05) is 31.0 Å². The Morgan fingerprint density at radius 2 is 1.96 bits per heavy atom. The van der Waals surface area contributed by atoms with E-state index >= 15 is 0 Å². The first-order valence-corrected chi connectivity index (χ1v) is 9.30. The number of carbonyl (C=O) groups excluding carboxylic acids is 1. The molecule has 0 radical (unpaired) electrons. The molecule has 1 amide bonds. The van der Waals surface area contributed by atoms with Gasteiger partial charge in [0.15, 0.2) is 0 Å². The van der Waals surface area contributed by atoms with Crippen LogP contribution in [0.25, 0.3) is 0 Å². The average Bonchev–Trinajstić information content (AvgIpc) is 3.26. The summed E-state index contributed by atoms with van der Waals surface area (Å²) < 4.78 is 0. The van der Waals surface area contributed by atoms with E-state index in [-0.39, 0.29) is 11.8 Å². The Morgan fingerprint density at radius 3 is 2.76 bits per heavy atom. The van der Waals surface area contributed by atoms with Crippen LogP contribution in [0.5, 0.6) is 0 Å². The standard InChI is InChI=1S/C21H25N3O/c25-21(23-13-10-16-8-11-22-12-9-16)18-15-20(17-5-2-1-3-6-17)24-14-4-7-19(18)24/h1-3,5-6,8-9,11-12,18-20H,4,7,10,13-15H2,(H,23,25)/t18-,19+,20-/m1/s1. The molecule has 130 valence electrons. The van der Waals surface area contributed by atoms with Crippen LogP contribution in [0.1, 0.15) is 36.4 Å². The zero-order valence-corrected chi connectivity index (χ0v) is 14.5. The van der Waals surface area contributed by atoms with Crippen LogP contribution in [0, 0.1) is 5.92 Å². The molecule has 0 spiro atoms. The van der Waals surface area contributed by atoms with Crippen molar-refractivity contribution in [3.05, 3.63) is 66.0 Å². The molecule has 0 unspecified atom stereocenters. The number of hydrogen-bond acceptors (Lipinski definition) is 3. The fourth-order valence-corrected chi connectivity index (χ4v) is 4.46. The molecular weight excluding hydrogens is 310 g/mol. The highest BCUT2D eigenvalue weighted by Gasteiger charge is 2.46. The molecule has 2 aromatic rings. The molecule has 4 heteroatoms. The van der Waals surface area contributed by atoms with E-state index in [1.165, 1.54) is 17.5 Å². The van der Waals surface area contributed by atoms with Crippen molar-refractivity contribution in [2.75, 3.05) is 13.1 Å². The largest absolute Gasteiger partial charge is 0.355 e. The molecule has 3 atom stereocenters. The molecule has 3 heterocycles. The SMILES string of the molecule is O=C(NCCc1ccncc1)[C@@H]1C[C@H](c2ccccc2)N2CCC[C@@H]12. The summed E-state index contributed by atoms with van der Waals surface area (Å²) in [6.45, 7) is 1.81. The predicted octanol–water partition coefficient (Wildman–Crippen LogP) is 2.97. The lowest BCUT2D eigenvalue weighted by molar-refractivity contribution is -0.125. The molecule has 1 N–H and O–H groups in total. The number of nitrogens with zero attached hydrogens (tertiary/aromatic N) is 2. The summed E-state index contributed by atoms with van der Waals surface area (Å²) >= 11 is 0. The first-order chi connectivity index (χ1) is 12.3. The number of benzene rings is 1. The van der Waals surface area contributed by atoms with Gasteiger partial charge in [-0.25, -0.2) is 0 Å². The van der Waals surface area contributed by atoms with Crippen LogP contribution in [-0.4, -0.2) is 34.9 Å². The van der Waals surface area contributed by atoms with Crippen LogP contribution in [-0.2, 0) is 11.2 Å². The van der Waals surface area contributed by atoms with Gasteiger partial charge in [-0.05, 0) is 55.5 Å². The molecule has 2 saturated heterocycles. The lowest BCUT2D eigenvalue weighted by Crippen LogP contribution is -2.38. The lowest BCUT2D eigenvalue weighted by atomic mass is 9.93. The Bertz CT molecular complexity index is 704. The van der Waals surface area contributed by atoms with Crippen molar-refractivity contribution in [1.82, 2.24) is 15.2 Å². The quantitative estimate of drug-likeness (QED) is 0.914. The second-order valence-electron chi connectivity index (χ2n) is 7.11. The number of hydrogen-bond donors (Lipinski definition) is 1. The number of aromatic nitrogens is 1. The smallest absolute Gasteiger partial charge is 0.224 e. The maximum atomic E-state index is 12.8. The monoisotopic (exact) mass is 335 g/mol. The van der Waals surface area contributed by atoms with Crippen LogP contribution < -0.4 is 5.32 Å². The van der Waals surface area contributed by atoms with Gasteiger partial charge in [-0.3, -0.25) is 14.7 Å². The third-order valence-corrected chi connectivity index (χ3v) is 5.67. The fourth-order valence-electron chi connectivity index (χ4n) is 4.46. The van der Waals surface area contributed by atoms with Crippen LogP contribution >= 0.6 is 0 Å². The third kappa shape index (κ3) is 3.45. The van der Waals surface area contributed by atoms with Gasteiger partial charge in [0.1, 0.15) is 0 Å². The minimum Gasteiger partial charge on any atom is -0.355 e. The Morgan fingerprint density at radius 1 is 1.16 bits per heavy atom. The summed E-state index contributed by atoms with van der Waals surface area (Å²) in [5.74, 6) is 0.342. The molecule has 1 aromatic carbocycles. The van der Waals surface area contributed by atoms with Crippen molar-refractivity contribution >= 4 is 5.91 Å². The second-order valence-corrected chi connectivity index (χ2v) is 7.11. The molecule has 4 rings (SSSR count). The number of rotatable bonds is 5. The van der Waals surface area contributed by atoms with E-state index in [9.17, 15) is 4.79 Å². The minimum atomic E-state index is 0.116. The number of carbonyl (C=O) groups is 1. The van der Waals surface area contributed by atoms with E-state index in [4.69, 9.17) is 0 Å². The first-order valence-electron chi connectivity index (χ1n) is 9.30. The van der Waals surface area contributed by atoms with Crippen molar-refractivity contribution in [2.24, 2.45) is 5.92 Å². The maximum Gasteiger partial charge on any atom is 0.224 e. The van der Waals surface area contributed by atoms with E-state index < -0.39 is 0 Å². The number of nitrogens with one attached hydrogen (secondary N) is 1. The van der Waals surface area contributed by atoms with Crippen molar-refractivity contribution in [1.29, 1.82) is 0 Å². The highest BCUT2D eigenvalue weighted by Crippen LogP contribution is 2.44. The van der Waals surface area contributed by atoms with E-state index in [0.29, 0.717) is 18.6 Å². The highest BCUT2D eigenvalue weighted by atomic mass is 16.2. The van der Waals surface area contributed by atoms with Crippen molar-refractivity contribution in [2.45, 2.75) is 37.8 Å². The number of amides is 1. The Balaban J connectivity index is 1.39. The van der Waals surface area contributed by atoms with E-state index in [0.717, 1.165) is 25.8 Å². The average molecular weight is 335 g/mol. The molecular formula is C21H25N3O. The van der Waals surface area contributed by atoms with Gasteiger partial charge >= 0.3 is 0 Å². The maximum absolute atomic E-state index is 12.8. The molecule has 4 nitrogen and oxygen atoms in total. The lowest BCUT2D eigenvalue weighted by Gasteiger charge is -2.24. The third-order valence-electron chi connectivity index (χ3n) is 5.67. The van der Waals surface area contributed by atoms with Crippen LogP contribution in [0.15, 0.2) is 54.9 Å². The zero-order chi connectivity index (χ0) is 17.1. The van der Waals surface area contributed by atoms with Crippen LogP contribution in [0.4, 0.5) is 0 Å². The first kappa shape index (κ1) is 16.3. The summed E-state index contributed by atoms with van der Waals surface area (Å²) in [6, 6.07) is 15.5. The zero-order valence-electron chi connectivity index (χ0n) is 14.5. The Hall–Kier alpha value is -2.20. The molecule has 2 aliphatic heterocycles. The number of pyridine rings is 1. The van der Waals surface area contributed by atoms with Gasteiger partial charge in [-0.1, -0.05) is 30.3 Å². The van der Waals surface area contributed by atoms with Gasteiger partial charge in [-0.2, -0.15) is 0 Å². The van der Waals surface area contributed by atoms with E-state index in [1.807, 2.05) is 12.1 Å². The summed E-state index contributed by atoms with van der Waals surface area (Å²) in [5.41, 5.74) is 2.56. The summed E-state index contributed by atoms with van der Waals surface area (Å²) in [6.07, 6.45) is 7.75. The van der Waals surface area contributed by atoms with Gasteiger partial charge in [0.05, 0.1) is 5.92 Å². The van der Waals surface area contributed by atoms with Gasteiger partial charge in [0.2, 0.25) is 5.91 Å². The molecule has 0 saturated carbocycles. The Kier molecular flexibility index (Phi) is 4.79. The van der Waals surface area contributed by atoms with E-state index in [2.05, 4.69) is 45.5 Å². The summed E-state index contributed by atoms with van der Waals surface area (Å²) in [5, 5.41) is 3.17. The molecule has 0 bridgehead atoms. The minimum absolute atomic E-state index is 0.116. The van der Waals surface area contributed by atoms with Crippen LogP contribution in [0.2, 0.25) is 0 Å². The van der Waals surface area contributed by atoms with Gasteiger partial charge < -0.3 is 5.32 Å². The predicted molar refractivity (Wildman–Crippen MR) is 98.0 cm³/mol. The van der Waals surface area contributed by atoms with Crippen LogP contribution in [0.3, 0.4) is 0 Å². The van der Waals surface area contributed by atoms with Gasteiger partial charge in [0.25, 0.3) is 0 Å². The summed E-state index contributed by atoms with van der Waals surface area (Å²) in [4.78, 5) is 19.4. The van der Waals surface area contributed by atoms with Crippen molar-refractivity contribution in [3.8, 4) is 0 Å². The molecule has 1 aromatic heterocycles. The molecule has 2 aliphatic rings. The Labute approximate surface area is 149 Å². The highest BCUT2D eigenvalue weighted by molar-refractivity contribution is 5.80. The second kappa shape index (κ2) is 7.36. The van der Waals surface area contributed by atoms with Crippen molar-refractivity contribution < 1.29 is 4.79 Å². The molecule has 25 heavy (non-hydrogen) atoms. The normalized spacial score (nSPS) is 25.7. The fraction of sp³-hybridized carbons (Fsp3) is 0.429. The van der Waals surface area contributed by atoms with Crippen molar-refractivity contribution in [3.63, 3.8) is 0 Å². The molecule has 0 aliphatic carbocycles. The molecule has 2 fully saturated rings. The van der Waals surface area contributed by atoms with E-state index in [1.54, 1.807) is 12.4 Å². The van der Waals surface area contributed by atoms with Gasteiger partial charge in [-0.15, -0.1) is 0 Å². The summed E-state index contributed by atoms with van der Waals surface area (Å²) in [7, 11) is 0. The topological polar surface area (TPSA) is 45.2 Å². The number of fused-ring (bicyclic) bond motifs is 1.